The summed E-state index contributed by atoms with van der Waals surface area (Å²) in [7, 11) is 6.93. The van der Waals surface area contributed by atoms with Crippen LogP contribution < -0.4 is 16.0 Å². The average Bonchev–Trinajstić information content (AvgIpc) is 3.59. The number of piperazine rings is 1. The molecule has 14 nitrogen and oxygen atoms in total. The summed E-state index contributed by atoms with van der Waals surface area (Å²) in [6, 6.07) is 9.14. The summed E-state index contributed by atoms with van der Waals surface area (Å²) in [6.07, 6.45) is 5.30. The van der Waals surface area contributed by atoms with Gasteiger partial charge in [0, 0.05) is 46.8 Å². The summed E-state index contributed by atoms with van der Waals surface area (Å²) in [4.78, 5) is 66.1. The molecule has 5 amide bonds. The number of methoxy groups -OCH3 is 2. The maximum absolute atomic E-state index is 12.7. The van der Waals surface area contributed by atoms with E-state index in [1.54, 1.807) is 32.9 Å². The first-order valence-corrected chi connectivity index (χ1v) is 19.8. The van der Waals surface area contributed by atoms with E-state index in [2.05, 4.69) is 41.7 Å². The van der Waals surface area contributed by atoms with Crippen LogP contribution in [0.1, 0.15) is 86.1 Å². The van der Waals surface area contributed by atoms with Gasteiger partial charge in [-0.25, -0.2) is 4.79 Å². The Morgan fingerprint density at radius 1 is 1.09 bits per heavy atom. The molecule has 1 aromatic rings. The Bertz CT molecular complexity index is 1300. The largest absolute Gasteiger partial charge is 0.394 e. The number of hydrogen-bond donors (Lipinski definition) is 4. The van der Waals surface area contributed by atoms with E-state index < -0.39 is 17.7 Å². The molecule has 0 aliphatic carbocycles. The second kappa shape index (κ2) is 25.5. The van der Waals surface area contributed by atoms with Crippen molar-refractivity contribution in [1.29, 1.82) is 0 Å². The number of nitrogens with one attached hydrogen (secondary N) is 3. The molecular formula is C41H72N6O8. The monoisotopic (exact) mass is 777 g/mol. The first-order chi connectivity index (χ1) is 26.1. The van der Waals surface area contributed by atoms with Crippen LogP contribution in [-0.4, -0.2) is 147 Å². The predicted octanol–water partition coefficient (Wildman–Crippen LogP) is 3.25. The summed E-state index contributed by atoms with van der Waals surface area (Å²) in [5.74, 6) is -0.723. The standard InChI is InChI=1S/C19H34N4O5.C19H30N2O3.C3H8/c1-7-13(2)16(14(28-6)8-11-24)22(5)15(25)12-21-18(27)23-10-9-20-17(26)19(23,3)4;1-14(18(24-3)17-10-7-11-21(17)2)19(23)20-16(13-22)12-15-8-5-4-6-9-15;1-3-2/h11,13-14,16H,7-10,12H2,1-6H3,(H,20,26)(H,21,27);4-6,8-9,14,16-18,22H,7,10-13H2,1-3H3,(H,20,23);3H2,1-2H3/t;14?,16-,17?,18?;/m.0./s1. The van der Waals surface area contributed by atoms with E-state index >= 15 is 0 Å². The molecular weight excluding hydrogens is 704 g/mol. The molecule has 0 radical (unpaired) electrons. The Morgan fingerprint density at radius 2 is 1.73 bits per heavy atom. The highest BCUT2D eigenvalue weighted by molar-refractivity contribution is 5.92. The molecule has 2 fully saturated rings. The number of benzene rings is 1. The van der Waals surface area contributed by atoms with Crippen molar-refractivity contribution < 1.29 is 38.6 Å². The topological polar surface area (TPSA) is 170 Å². The smallest absolute Gasteiger partial charge is 0.318 e. The van der Waals surface area contributed by atoms with Gasteiger partial charge in [-0.05, 0) is 58.2 Å². The molecule has 0 spiro atoms. The number of aliphatic hydroxyl groups excluding tert-OH is 1. The van der Waals surface area contributed by atoms with Crippen molar-refractivity contribution >= 4 is 30.0 Å². The lowest BCUT2D eigenvalue weighted by Gasteiger charge is -2.41. The second-order valence-corrected chi connectivity index (χ2v) is 15.1. The third-order valence-electron chi connectivity index (χ3n) is 10.6. The Labute approximate surface area is 330 Å². The maximum atomic E-state index is 12.7. The van der Waals surface area contributed by atoms with Crippen LogP contribution >= 0.6 is 0 Å². The highest BCUT2D eigenvalue weighted by Gasteiger charge is 2.41. The lowest BCUT2D eigenvalue weighted by molar-refractivity contribution is -0.136. The lowest BCUT2D eigenvalue weighted by Crippen LogP contribution is -2.65. The Kier molecular flexibility index (Phi) is 23.0. The zero-order valence-corrected chi connectivity index (χ0v) is 35.4. The molecule has 55 heavy (non-hydrogen) atoms. The number of likely N-dealkylation sites (N-methyl/N-ethyl adjacent to an activating group) is 2. The van der Waals surface area contributed by atoms with Gasteiger partial charge in [-0.1, -0.05) is 77.8 Å². The zero-order chi connectivity index (χ0) is 41.7. The van der Waals surface area contributed by atoms with Crippen LogP contribution in [0.2, 0.25) is 0 Å². The van der Waals surface area contributed by atoms with Crippen LogP contribution in [0.4, 0.5) is 4.79 Å². The van der Waals surface area contributed by atoms with Gasteiger partial charge in [0.25, 0.3) is 0 Å². The van der Waals surface area contributed by atoms with Crippen molar-refractivity contribution in [1.82, 2.24) is 30.7 Å². The third-order valence-corrected chi connectivity index (χ3v) is 10.6. The maximum Gasteiger partial charge on any atom is 0.318 e. The van der Waals surface area contributed by atoms with E-state index in [9.17, 15) is 29.1 Å². The van der Waals surface area contributed by atoms with Crippen molar-refractivity contribution in [2.24, 2.45) is 11.8 Å². The number of amides is 5. The van der Waals surface area contributed by atoms with Crippen LogP contribution in [0.3, 0.4) is 0 Å². The van der Waals surface area contributed by atoms with Gasteiger partial charge in [-0.2, -0.15) is 0 Å². The van der Waals surface area contributed by atoms with E-state index in [-0.39, 0.29) is 73.4 Å². The first-order valence-electron chi connectivity index (χ1n) is 19.8. The molecule has 1 aromatic carbocycles. The number of carbonyl (C=O) groups is 5. The third kappa shape index (κ3) is 15.1. The average molecular weight is 777 g/mol. The van der Waals surface area contributed by atoms with E-state index in [4.69, 9.17) is 9.47 Å². The molecule has 2 saturated heterocycles. The summed E-state index contributed by atoms with van der Waals surface area (Å²) in [6.45, 7) is 15.0. The number of aldehydes is 1. The molecule has 0 bridgehead atoms. The van der Waals surface area contributed by atoms with E-state index in [0.717, 1.165) is 37.7 Å². The number of hydrogen-bond acceptors (Lipinski definition) is 9. The quantitative estimate of drug-likeness (QED) is 0.174. The fraction of sp³-hybridized carbons (Fsp3) is 0.732. The van der Waals surface area contributed by atoms with Gasteiger partial charge in [-0.15, -0.1) is 0 Å². The summed E-state index contributed by atoms with van der Waals surface area (Å²) >= 11 is 0. The van der Waals surface area contributed by atoms with Crippen LogP contribution in [0.25, 0.3) is 0 Å². The molecule has 314 valence electrons. The number of aliphatic hydroxyl groups is 1. The van der Waals surface area contributed by atoms with Crippen LogP contribution in [0.5, 0.6) is 0 Å². The normalized spacial score (nSPS) is 19.7. The minimum atomic E-state index is -0.984. The van der Waals surface area contributed by atoms with Crippen LogP contribution in [0, 0.1) is 11.8 Å². The number of urea groups is 1. The van der Waals surface area contributed by atoms with Crippen molar-refractivity contribution in [3.8, 4) is 0 Å². The molecule has 6 unspecified atom stereocenters. The summed E-state index contributed by atoms with van der Waals surface area (Å²) in [5.41, 5.74) is 0.116. The molecule has 3 rings (SSSR count). The highest BCUT2D eigenvalue weighted by Crippen LogP contribution is 2.25. The summed E-state index contributed by atoms with van der Waals surface area (Å²) < 4.78 is 11.1. The number of ether oxygens (including phenoxy) is 2. The predicted molar refractivity (Wildman–Crippen MR) is 215 cm³/mol. The molecule has 0 saturated carbocycles. The van der Waals surface area contributed by atoms with Crippen molar-refractivity contribution in [3.05, 3.63) is 35.9 Å². The SMILES string of the molecule is CCC.CCC(C)C(C(CC=O)OC)N(C)C(=O)CNC(=O)N1CCNC(=O)C1(C)C.COC(C(C)C(=O)N[C@H](CO)Cc1ccccc1)C1CCCN1C. The zero-order valence-electron chi connectivity index (χ0n) is 35.4. The van der Waals surface area contributed by atoms with E-state index in [0.29, 0.717) is 19.5 Å². The van der Waals surface area contributed by atoms with Crippen molar-refractivity contribution in [2.75, 3.05) is 61.1 Å². The van der Waals surface area contributed by atoms with Gasteiger partial charge in [0.1, 0.15) is 11.8 Å². The molecule has 14 heteroatoms. The highest BCUT2D eigenvalue weighted by atomic mass is 16.5. The number of likely N-dealkylation sites (tertiary alicyclic amines) is 1. The Hall–Kier alpha value is -3.59. The lowest BCUT2D eigenvalue weighted by atomic mass is 9.91. The van der Waals surface area contributed by atoms with Gasteiger partial charge >= 0.3 is 6.03 Å². The Balaban J connectivity index is 0.000000518. The van der Waals surface area contributed by atoms with Gasteiger partial charge in [0.2, 0.25) is 17.7 Å². The molecule has 4 N–H and O–H groups in total. The van der Waals surface area contributed by atoms with Gasteiger partial charge in [-0.3, -0.25) is 14.4 Å². The molecule has 2 heterocycles. The fourth-order valence-electron chi connectivity index (χ4n) is 7.09. The first kappa shape index (κ1) is 49.4. The van der Waals surface area contributed by atoms with Crippen LogP contribution in [0.15, 0.2) is 30.3 Å². The van der Waals surface area contributed by atoms with Gasteiger partial charge in [0.05, 0.1) is 43.4 Å². The number of nitrogens with zero attached hydrogens (tertiary/aromatic N) is 3. The van der Waals surface area contributed by atoms with Crippen LogP contribution in [-0.2, 0) is 35.1 Å². The minimum Gasteiger partial charge on any atom is -0.394 e. The molecule has 7 atom stereocenters. The second-order valence-electron chi connectivity index (χ2n) is 15.1. The van der Waals surface area contributed by atoms with Gasteiger partial charge < -0.3 is 50.0 Å². The fourth-order valence-corrected chi connectivity index (χ4v) is 7.09. The van der Waals surface area contributed by atoms with E-state index in [1.165, 1.54) is 18.4 Å². The van der Waals surface area contributed by atoms with Gasteiger partial charge in [0.15, 0.2) is 0 Å². The minimum absolute atomic E-state index is 0.0582. The van der Waals surface area contributed by atoms with Crippen molar-refractivity contribution in [3.63, 3.8) is 0 Å². The molecule has 2 aliphatic rings. The number of carbonyl (C=O) groups excluding carboxylic acids is 5. The Morgan fingerprint density at radius 3 is 2.24 bits per heavy atom. The van der Waals surface area contributed by atoms with E-state index in [1.807, 2.05) is 51.1 Å². The number of rotatable bonds is 17. The molecule has 0 aromatic heterocycles. The molecule has 2 aliphatic heterocycles. The van der Waals surface area contributed by atoms with Crippen molar-refractivity contribution in [2.45, 2.75) is 123 Å². The summed E-state index contributed by atoms with van der Waals surface area (Å²) in [5, 5.41) is 17.9.